The van der Waals surface area contributed by atoms with E-state index in [1.54, 1.807) is 36.8 Å². The third kappa shape index (κ3) is 6.17. The molecule has 1 aliphatic rings. The fourth-order valence-electron chi connectivity index (χ4n) is 3.49. The van der Waals surface area contributed by atoms with Crippen molar-refractivity contribution < 1.29 is 34.1 Å². The van der Waals surface area contributed by atoms with Gasteiger partial charge in [-0.2, -0.15) is 0 Å². The number of carboxylic acids is 2. The maximum atomic E-state index is 12.4. The number of carbonyl (C=O) groups is 3. The Morgan fingerprint density at radius 3 is 2.44 bits per heavy atom. The Morgan fingerprint density at radius 1 is 1.08 bits per heavy atom. The van der Waals surface area contributed by atoms with Crippen molar-refractivity contribution in [1.82, 2.24) is 14.9 Å². The number of nitrogens with zero attached hydrogens (tertiary/aromatic N) is 4. The number of amides is 1. The molecule has 186 valence electrons. The van der Waals surface area contributed by atoms with Gasteiger partial charge in [0.2, 0.25) is 0 Å². The largest absolute Gasteiger partial charge is 0.490 e. The van der Waals surface area contributed by atoms with Gasteiger partial charge >= 0.3 is 18.0 Å². The van der Waals surface area contributed by atoms with E-state index < -0.39 is 37.2 Å². The number of aliphatic imine (C=N–C) groups is 1. The monoisotopic (exact) mass is 493 g/mol. The molecular weight excluding hydrogens is 470 g/mol. The molecule has 12 heteroatoms. The number of benzene rings is 2. The average molecular weight is 493 g/mol. The van der Waals surface area contributed by atoms with E-state index in [0.717, 1.165) is 5.69 Å². The molecule has 1 amide bonds. The van der Waals surface area contributed by atoms with Crippen LogP contribution in [0.3, 0.4) is 0 Å². The molecule has 4 rings (SSSR count). The molecular formula is C24H23N5O7. The molecule has 0 aliphatic carbocycles. The van der Waals surface area contributed by atoms with Crippen LogP contribution in [-0.4, -0.2) is 76.0 Å². The number of cyclic esters (lactones) is 1. The Morgan fingerprint density at radius 2 is 1.81 bits per heavy atom. The van der Waals surface area contributed by atoms with Crippen LogP contribution in [0, 0.1) is 0 Å². The van der Waals surface area contributed by atoms with Gasteiger partial charge in [0, 0.05) is 29.3 Å². The molecule has 0 saturated carbocycles. The molecule has 3 N–H and O–H groups in total. The van der Waals surface area contributed by atoms with Gasteiger partial charge in [0.25, 0.3) is 0 Å². The zero-order valence-electron chi connectivity index (χ0n) is 19.0. The summed E-state index contributed by atoms with van der Waals surface area (Å²) in [5, 5.41) is 20.4. The minimum absolute atomic E-state index is 0.126. The van der Waals surface area contributed by atoms with Crippen molar-refractivity contribution in [3.8, 4) is 11.4 Å². The minimum Gasteiger partial charge on any atom is -0.490 e. The SMILES string of the molecule is O=C(O)CN=C(NCC(=O)O)c1ccc(N2CC(COc3ccc(-n4ccnc4)cc3)OC2=O)cc1. The maximum absolute atomic E-state index is 12.4. The Bertz CT molecular complexity index is 1240. The van der Waals surface area contributed by atoms with Gasteiger partial charge in [0.05, 0.1) is 12.9 Å². The highest BCUT2D eigenvalue weighted by Gasteiger charge is 2.32. The number of amidine groups is 1. The number of carbonyl (C=O) groups excluding carboxylic acids is 1. The summed E-state index contributed by atoms with van der Waals surface area (Å²) in [7, 11) is 0. The highest BCUT2D eigenvalue weighted by molar-refractivity contribution is 6.01. The molecule has 1 unspecified atom stereocenters. The summed E-state index contributed by atoms with van der Waals surface area (Å²) in [6.45, 7) is -0.485. The van der Waals surface area contributed by atoms with Crippen molar-refractivity contribution in [2.75, 3.05) is 31.1 Å². The second kappa shape index (κ2) is 11.0. The van der Waals surface area contributed by atoms with Gasteiger partial charge in [-0.15, -0.1) is 0 Å². The third-order valence-corrected chi connectivity index (χ3v) is 5.18. The fraction of sp³-hybridized carbons (Fsp3) is 0.208. The van der Waals surface area contributed by atoms with Crippen molar-refractivity contribution in [3.05, 3.63) is 72.8 Å². The van der Waals surface area contributed by atoms with Crippen LogP contribution in [0.1, 0.15) is 5.56 Å². The van der Waals surface area contributed by atoms with Crippen molar-refractivity contribution >= 4 is 29.6 Å². The number of imidazole rings is 1. The maximum Gasteiger partial charge on any atom is 0.414 e. The zero-order chi connectivity index (χ0) is 25.5. The fourth-order valence-corrected chi connectivity index (χ4v) is 3.49. The van der Waals surface area contributed by atoms with Crippen molar-refractivity contribution in [2.24, 2.45) is 4.99 Å². The summed E-state index contributed by atoms with van der Waals surface area (Å²) < 4.78 is 13.1. The van der Waals surface area contributed by atoms with Crippen LogP contribution >= 0.6 is 0 Å². The van der Waals surface area contributed by atoms with E-state index in [1.807, 2.05) is 35.0 Å². The van der Waals surface area contributed by atoms with Gasteiger partial charge in [0.15, 0.2) is 6.10 Å². The number of anilines is 1. The molecule has 12 nitrogen and oxygen atoms in total. The van der Waals surface area contributed by atoms with Crippen LogP contribution in [0.15, 0.2) is 72.2 Å². The lowest BCUT2D eigenvalue weighted by atomic mass is 10.1. The second-order valence-electron chi connectivity index (χ2n) is 7.74. The molecule has 0 radical (unpaired) electrons. The number of carboxylic acid groups (broad SMARTS) is 2. The van der Waals surface area contributed by atoms with E-state index in [1.165, 1.54) is 4.90 Å². The van der Waals surface area contributed by atoms with E-state index in [9.17, 15) is 14.4 Å². The lowest BCUT2D eigenvalue weighted by Crippen LogP contribution is -2.31. The van der Waals surface area contributed by atoms with Crippen LogP contribution in [0.2, 0.25) is 0 Å². The molecule has 2 aromatic carbocycles. The van der Waals surface area contributed by atoms with Crippen LogP contribution in [-0.2, 0) is 14.3 Å². The predicted octanol–water partition coefficient (Wildman–Crippen LogP) is 1.78. The molecule has 1 fully saturated rings. The van der Waals surface area contributed by atoms with Gasteiger partial charge in [0.1, 0.15) is 31.3 Å². The molecule has 1 aliphatic heterocycles. The summed E-state index contributed by atoms with van der Waals surface area (Å²) in [6, 6.07) is 14.0. The van der Waals surface area contributed by atoms with E-state index in [0.29, 0.717) is 17.0 Å². The molecule has 1 saturated heterocycles. The number of hydrogen-bond donors (Lipinski definition) is 3. The molecule has 3 aromatic rings. The number of ether oxygens (including phenoxy) is 2. The van der Waals surface area contributed by atoms with Crippen LogP contribution in [0.5, 0.6) is 5.75 Å². The van der Waals surface area contributed by atoms with Crippen molar-refractivity contribution in [1.29, 1.82) is 0 Å². The Labute approximate surface area is 205 Å². The number of hydrogen-bond acceptors (Lipinski definition) is 7. The standard InChI is InChI=1S/C24H23N5O7/c30-21(31)11-26-23(27-12-22(32)33)16-1-3-18(4-2-16)29-13-20(36-24(29)34)14-35-19-7-5-17(6-8-19)28-10-9-25-15-28/h1-10,15,20H,11-14H2,(H,26,27)(H,30,31)(H,32,33). The van der Waals surface area contributed by atoms with Crippen molar-refractivity contribution in [3.63, 3.8) is 0 Å². The van der Waals surface area contributed by atoms with Gasteiger partial charge in [-0.05, 0) is 48.5 Å². The van der Waals surface area contributed by atoms with Gasteiger partial charge < -0.3 is 29.6 Å². The van der Waals surface area contributed by atoms with E-state index in [2.05, 4.69) is 15.3 Å². The Hall–Kier alpha value is -4.87. The van der Waals surface area contributed by atoms with Gasteiger partial charge in [-0.3, -0.25) is 19.5 Å². The quantitative estimate of drug-likeness (QED) is 0.283. The number of aromatic nitrogens is 2. The topological polar surface area (TPSA) is 156 Å². The first-order valence-electron chi connectivity index (χ1n) is 10.9. The zero-order valence-corrected chi connectivity index (χ0v) is 19.0. The van der Waals surface area contributed by atoms with Crippen molar-refractivity contribution in [2.45, 2.75) is 6.10 Å². The second-order valence-corrected chi connectivity index (χ2v) is 7.74. The van der Waals surface area contributed by atoms with Crippen LogP contribution < -0.4 is 15.0 Å². The smallest absolute Gasteiger partial charge is 0.414 e. The molecule has 0 bridgehead atoms. The minimum atomic E-state index is -1.15. The molecule has 36 heavy (non-hydrogen) atoms. The third-order valence-electron chi connectivity index (χ3n) is 5.18. The summed E-state index contributed by atoms with van der Waals surface area (Å²) >= 11 is 0. The Balaban J connectivity index is 1.35. The van der Waals surface area contributed by atoms with E-state index >= 15 is 0 Å². The Kier molecular flexibility index (Phi) is 7.44. The average Bonchev–Trinajstić information content (AvgIpc) is 3.53. The van der Waals surface area contributed by atoms with Crippen LogP contribution in [0.4, 0.5) is 10.5 Å². The summed E-state index contributed by atoms with van der Waals surface area (Å²) in [5.74, 6) is -1.50. The number of nitrogens with one attached hydrogen (secondary N) is 1. The molecule has 1 aromatic heterocycles. The normalized spacial score (nSPS) is 15.4. The molecule has 2 heterocycles. The number of aliphatic carboxylic acids is 2. The van der Waals surface area contributed by atoms with Gasteiger partial charge in [-0.25, -0.2) is 9.78 Å². The lowest BCUT2D eigenvalue weighted by molar-refractivity contribution is -0.136. The van der Waals surface area contributed by atoms with E-state index in [-0.39, 0.29) is 19.0 Å². The first-order valence-corrected chi connectivity index (χ1v) is 10.9. The number of rotatable bonds is 10. The lowest BCUT2D eigenvalue weighted by Gasteiger charge is -2.15. The predicted molar refractivity (Wildman–Crippen MR) is 128 cm³/mol. The van der Waals surface area contributed by atoms with Gasteiger partial charge in [-0.1, -0.05) is 0 Å². The van der Waals surface area contributed by atoms with E-state index in [4.69, 9.17) is 19.7 Å². The highest BCUT2D eigenvalue weighted by atomic mass is 16.6. The summed E-state index contributed by atoms with van der Waals surface area (Å²) in [4.78, 5) is 43.5. The summed E-state index contributed by atoms with van der Waals surface area (Å²) in [6.07, 6.45) is 4.24. The first kappa shape index (κ1) is 24.3. The highest BCUT2D eigenvalue weighted by Crippen LogP contribution is 2.23. The molecule has 0 spiro atoms. The molecule has 1 atom stereocenters. The van der Waals surface area contributed by atoms with Crippen LogP contribution in [0.25, 0.3) is 5.69 Å². The summed E-state index contributed by atoms with van der Waals surface area (Å²) in [5.41, 5.74) is 1.98. The first-order chi connectivity index (χ1) is 17.4.